The molecule has 1 amide bonds. The molecule has 1 aliphatic rings. The summed E-state index contributed by atoms with van der Waals surface area (Å²) in [6, 6.07) is 8.90. The maximum Gasteiger partial charge on any atom is 0.336 e. The second-order valence-electron chi connectivity index (χ2n) is 6.65. The topological polar surface area (TPSA) is 91.2 Å². The Morgan fingerprint density at radius 1 is 1.31 bits per heavy atom. The first kappa shape index (κ1) is 23.5. The van der Waals surface area contributed by atoms with Crippen molar-refractivity contribution in [2.45, 2.75) is 19.8 Å². The van der Waals surface area contributed by atoms with Gasteiger partial charge >= 0.3 is 5.97 Å². The predicted octanol–water partition coefficient (Wildman–Crippen LogP) is 4.66. The summed E-state index contributed by atoms with van der Waals surface area (Å²) in [6.07, 6.45) is 0. The van der Waals surface area contributed by atoms with Crippen molar-refractivity contribution in [3.8, 4) is 6.07 Å². The predicted molar refractivity (Wildman–Crippen MR) is 120 cm³/mol. The Kier molecular flexibility index (Phi) is 7.66. The zero-order chi connectivity index (χ0) is 23.3. The minimum absolute atomic E-state index is 0.0916. The van der Waals surface area contributed by atoms with E-state index in [1.807, 2.05) is 17.5 Å². The Morgan fingerprint density at radius 2 is 2.09 bits per heavy atom. The summed E-state index contributed by atoms with van der Waals surface area (Å²) in [5.74, 6) is -3.75. The van der Waals surface area contributed by atoms with Crippen molar-refractivity contribution in [1.29, 1.82) is 5.26 Å². The molecule has 0 saturated carbocycles. The normalized spacial score (nSPS) is 15.8. The van der Waals surface area contributed by atoms with Crippen LogP contribution in [0, 0.1) is 23.0 Å². The molecule has 0 bridgehead atoms. The average molecular weight is 476 g/mol. The highest BCUT2D eigenvalue weighted by molar-refractivity contribution is 8.03. The molecule has 166 valence electrons. The van der Waals surface area contributed by atoms with Gasteiger partial charge in [0.15, 0.2) is 11.6 Å². The summed E-state index contributed by atoms with van der Waals surface area (Å²) in [6.45, 7) is 3.62. The van der Waals surface area contributed by atoms with E-state index in [1.165, 1.54) is 17.4 Å². The van der Waals surface area contributed by atoms with Gasteiger partial charge in [-0.2, -0.15) is 5.26 Å². The molecular formula is C22H19F2N3O3S2. The number of allylic oxidation sites excluding steroid dienone is 2. The highest BCUT2D eigenvalue weighted by atomic mass is 32.2. The van der Waals surface area contributed by atoms with Crippen molar-refractivity contribution in [2.75, 3.05) is 17.7 Å². The quantitative estimate of drug-likeness (QED) is 0.566. The number of rotatable bonds is 7. The molecule has 2 N–H and O–H groups in total. The highest BCUT2D eigenvalue weighted by Gasteiger charge is 2.36. The number of hydrogen-bond acceptors (Lipinski definition) is 7. The first-order chi connectivity index (χ1) is 15.3. The maximum atomic E-state index is 13.4. The molecule has 1 unspecified atom stereocenters. The second kappa shape index (κ2) is 10.4. The van der Waals surface area contributed by atoms with E-state index in [0.717, 1.165) is 28.8 Å². The number of hydrogen-bond donors (Lipinski definition) is 2. The summed E-state index contributed by atoms with van der Waals surface area (Å²) < 4.78 is 31.6. The third-order valence-electron chi connectivity index (χ3n) is 4.52. The molecule has 2 heterocycles. The van der Waals surface area contributed by atoms with Crippen LogP contribution in [0.1, 0.15) is 24.6 Å². The number of ether oxygens (including phenoxy) is 1. The van der Waals surface area contributed by atoms with Crippen LogP contribution in [-0.2, 0) is 14.3 Å². The Hall–Kier alpha value is -3.16. The number of dihydropyridines is 1. The SMILES string of the molecule is CCOC(=O)C1=C(C)NC(SCC(=O)Nc2ccc(F)c(F)c2)=C(C#N)C1c1cccs1. The Labute approximate surface area is 192 Å². The lowest BCUT2D eigenvalue weighted by molar-refractivity contribution is -0.138. The summed E-state index contributed by atoms with van der Waals surface area (Å²) in [5.41, 5.74) is 1.30. The van der Waals surface area contributed by atoms with Crippen LogP contribution in [0.5, 0.6) is 0 Å². The van der Waals surface area contributed by atoms with Crippen LogP contribution in [0.3, 0.4) is 0 Å². The Bertz CT molecular complexity index is 1140. The van der Waals surface area contributed by atoms with E-state index < -0.39 is 29.4 Å². The van der Waals surface area contributed by atoms with Crippen LogP contribution in [0.2, 0.25) is 0 Å². The van der Waals surface area contributed by atoms with Gasteiger partial charge in [0.25, 0.3) is 0 Å². The summed E-state index contributed by atoms with van der Waals surface area (Å²) in [7, 11) is 0. The van der Waals surface area contributed by atoms with Gasteiger partial charge in [-0.05, 0) is 37.4 Å². The van der Waals surface area contributed by atoms with Gasteiger partial charge in [-0.25, -0.2) is 13.6 Å². The smallest absolute Gasteiger partial charge is 0.336 e. The van der Waals surface area contributed by atoms with Gasteiger partial charge in [0, 0.05) is 22.3 Å². The average Bonchev–Trinajstić information content (AvgIpc) is 3.29. The van der Waals surface area contributed by atoms with Gasteiger partial charge in [-0.1, -0.05) is 17.8 Å². The molecule has 0 saturated heterocycles. The first-order valence-corrected chi connectivity index (χ1v) is 11.4. The number of benzene rings is 1. The lowest BCUT2D eigenvalue weighted by atomic mass is 9.87. The van der Waals surface area contributed by atoms with Gasteiger partial charge in [-0.15, -0.1) is 11.3 Å². The van der Waals surface area contributed by atoms with E-state index in [4.69, 9.17) is 4.74 Å². The number of nitriles is 1. The van der Waals surface area contributed by atoms with Crippen LogP contribution in [-0.4, -0.2) is 24.2 Å². The van der Waals surface area contributed by atoms with Gasteiger partial charge in [0.05, 0.1) is 40.5 Å². The van der Waals surface area contributed by atoms with Crippen molar-refractivity contribution in [1.82, 2.24) is 5.32 Å². The minimum atomic E-state index is -1.06. The van der Waals surface area contributed by atoms with Crippen LogP contribution >= 0.6 is 23.1 Å². The number of thiophene rings is 1. The third-order valence-corrected chi connectivity index (χ3v) is 6.48. The van der Waals surface area contributed by atoms with Crippen molar-refractivity contribution in [3.05, 3.63) is 74.1 Å². The van der Waals surface area contributed by atoms with Gasteiger partial charge < -0.3 is 15.4 Å². The molecule has 1 aromatic carbocycles. The molecule has 1 aromatic heterocycles. The zero-order valence-electron chi connectivity index (χ0n) is 17.2. The van der Waals surface area contributed by atoms with E-state index in [0.29, 0.717) is 21.9 Å². The van der Waals surface area contributed by atoms with Crippen molar-refractivity contribution in [3.63, 3.8) is 0 Å². The highest BCUT2D eigenvalue weighted by Crippen LogP contribution is 2.42. The fourth-order valence-electron chi connectivity index (χ4n) is 3.15. The first-order valence-electron chi connectivity index (χ1n) is 9.56. The summed E-state index contributed by atoms with van der Waals surface area (Å²) >= 11 is 2.49. The van der Waals surface area contributed by atoms with Crippen LogP contribution in [0.25, 0.3) is 0 Å². The molecule has 6 nitrogen and oxygen atoms in total. The number of carbonyl (C=O) groups excluding carboxylic acids is 2. The van der Waals surface area contributed by atoms with E-state index in [9.17, 15) is 23.6 Å². The lowest BCUT2D eigenvalue weighted by Gasteiger charge is -2.28. The largest absolute Gasteiger partial charge is 0.463 e. The van der Waals surface area contributed by atoms with Gasteiger partial charge in [-0.3, -0.25) is 4.79 Å². The number of amides is 1. The molecule has 1 aliphatic heterocycles. The number of carbonyl (C=O) groups is 2. The number of nitrogens with one attached hydrogen (secondary N) is 2. The molecule has 2 aromatic rings. The molecule has 0 fully saturated rings. The summed E-state index contributed by atoms with van der Waals surface area (Å²) in [4.78, 5) is 25.8. The Balaban J connectivity index is 1.83. The maximum absolute atomic E-state index is 13.4. The van der Waals surface area contributed by atoms with E-state index in [2.05, 4.69) is 16.7 Å². The fraction of sp³-hybridized carbons (Fsp3) is 0.227. The van der Waals surface area contributed by atoms with E-state index in [-0.39, 0.29) is 18.0 Å². The monoisotopic (exact) mass is 475 g/mol. The van der Waals surface area contributed by atoms with Crippen molar-refractivity contribution in [2.24, 2.45) is 0 Å². The third kappa shape index (κ3) is 5.18. The number of esters is 1. The van der Waals surface area contributed by atoms with Gasteiger partial charge in [0.1, 0.15) is 0 Å². The molecule has 0 spiro atoms. The minimum Gasteiger partial charge on any atom is -0.463 e. The van der Waals surface area contributed by atoms with Gasteiger partial charge in [0.2, 0.25) is 5.91 Å². The number of anilines is 1. The van der Waals surface area contributed by atoms with E-state index in [1.54, 1.807) is 13.8 Å². The molecule has 3 rings (SSSR count). The van der Waals surface area contributed by atoms with Crippen LogP contribution in [0.15, 0.2) is 57.6 Å². The molecule has 32 heavy (non-hydrogen) atoms. The molecule has 10 heteroatoms. The summed E-state index contributed by atoms with van der Waals surface area (Å²) in [5, 5.41) is 17.7. The number of halogens is 2. The molecular weight excluding hydrogens is 456 g/mol. The van der Waals surface area contributed by atoms with Crippen molar-refractivity contribution >= 4 is 40.7 Å². The zero-order valence-corrected chi connectivity index (χ0v) is 18.8. The van der Waals surface area contributed by atoms with Crippen LogP contribution < -0.4 is 10.6 Å². The second-order valence-corrected chi connectivity index (χ2v) is 8.62. The van der Waals surface area contributed by atoms with E-state index >= 15 is 0 Å². The fourth-order valence-corrected chi connectivity index (χ4v) is 4.89. The van der Waals surface area contributed by atoms with Crippen LogP contribution in [0.4, 0.5) is 14.5 Å². The molecule has 0 radical (unpaired) electrons. The number of thioether (sulfide) groups is 1. The Morgan fingerprint density at radius 3 is 2.72 bits per heavy atom. The number of nitrogens with zero attached hydrogens (tertiary/aromatic N) is 1. The van der Waals surface area contributed by atoms with Crippen molar-refractivity contribution < 1.29 is 23.1 Å². The standard InChI is InChI=1S/C22H19F2N3O3S2/c1-3-30-22(29)19-12(2)26-21(14(10-25)20(19)17-5-4-8-31-17)32-11-18(28)27-13-6-7-15(23)16(24)9-13/h4-9,20,26H,3,11H2,1-2H3,(H,27,28). The molecule has 1 atom stereocenters. The lowest BCUT2D eigenvalue weighted by Crippen LogP contribution is -2.29. The molecule has 0 aliphatic carbocycles.